The van der Waals surface area contributed by atoms with Crippen molar-refractivity contribution in [3.8, 4) is 11.4 Å². The van der Waals surface area contributed by atoms with Crippen LogP contribution in [0.15, 0.2) is 40.2 Å². The molecule has 0 saturated carbocycles. The van der Waals surface area contributed by atoms with Gasteiger partial charge in [0.05, 0.1) is 15.5 Å². The molecule has 0 radical (unpaired) electrons. The Labute approximate surface area is 169 Å². The summed E-state index contributed by atoms with van der Waals surface area (Å²) in [5.74, 6) is 0.783. The summed E-state index contributed by atoms with van der Waals surface area (Å²) < 4.78 is 5.60. The van der Waals surface area contributed by atoms with E-state index >= 15 is 0 Å². The van der Waals surface area contributed by atoms with Gasteiger partial charge in [0, 0.05) is 24.0 Å². The second-order valence-corrected chi connectivity index (χ2v) is 8.96. The van der Waals surface area contributed by atoms with Crippen molar-refractivity contribution in [2.24, 2.45) is 7.05 Å². The van der Waals surface area contributed by atoms with Gasteiger partial charge in [-0.1, -0.05) is 30.7 Å². The van der Waals surface area contributed by atoms with Gasteiger partial charge in [0.15, 0.2) is 10.6 Å². The molecule has 2 heterocycles. The zero-order valence-corrected chi connectivity index (χ0v) is 17.9. The molecule has 0 N–H and O–H groups in total. The molecule has 0 aliphatic carbocycles. The summed E-state index contributed by atoms with van der Waals surface area (Å²) in [7, 11) is 1.93. The normalized spacial score (nSPS) is 11.4. The van der Waals surface area contributed by atoms with Crippen LogP contribution < -0.4 is 0 Å². The van der Waals surface area contributed by atoms with Gasteiger partial charge in [-0.05, 0) is 59.0 Å². The fourth-order valence-electron chi connectivity index (χ4n) is 2.57. The van der Waals surface area contributed by atoms with Crippen molar-refractivity contribution in [2.75, 3.05) is 6.54 Å². The van der Waals surface area contributed by atoms with Crippen LogP contribution in [0.5, 0.6) is 0 Å². The average molecular weight is 458 g/mol. The minimum Gasteiger partial charge on any atom is -0.303 e. The fraction of sp³-hybridized carbons (Fsp3) is 0.294. The maximum Gasteiger partial charge on any atom is 0.199 e. The number of benzene rings is 1. The highest BCUT2D eigenvalue weighted by atomic mass is 79.9. The highest BCUT2D eigenvalue weighted by molar-refractivity contribution is 9.11. The third kappa shape index (κ3) is 4.23. The lowest BCUT2D eigenvalue weighted by molar-refractivity contribution is 0.209. The van der Waals surface area contributed by atoms with Gasteiger partial charge >= 0.3 is 0 Å². The Kier molecular flexibility index (Phi) is 6.12. The molecule has 8 heteroatoms. The molecule has 3 rings (SSSR count). The van der Waals surface area contributed by atoms with Gasteiger partial charge in [0.2, 0.25) is 0 Å². The Morgan fingerprint density at radius 3 is 2.68 bits per heavy atom. The van der Waals surface area contributed by atoms with Crippen molar-refractivity contribution in [3.63, 3.8) is 0 Å². The van der Waals surface area contributed by atoms with Gasteiger partial charge in [0.1, 0.15) is 0 Å². The van der Waals surface area contributed by atoms with Gasteiger partial charge in [-0.2, -0.15) is 5.10 Å². The minimum absolute atomic E-state index is 0.642. The molecule has 0 amide bonds. The standard InChI is InChI=1S/C17H18BrClN4S2/c1-3-22(10-12-8-9-15(18)25-12)11-23-17(24)21(2)16(20-23)13-6-4-5-7-14(13)19/h4-9H,3,10-11H2,1-2H3. The molecule has 0 aliphatic rings. The van der Waals surface area contributed by atoms with Crippen LogP contribution in [-0.4, -0.2) is 25.8 Å². The first-order valence-corrected chi connectivity index (χ1v) is 10.2. The predicted molar refractivity (Wildman–Crippen MR) is 111 cm³/mol. The second kappa shape index (κ2) is 8.14. The molecule has 0 fully saturated rings. The zero-order chi connectivity index (χ0) is 18.0. The van der Waals surface area contributed by atoms with Crippen molar-refractivity contribution in [3.05, 3.63) is 54.9 Å². The highest BCUT2D eigenvalue weighted by Crippen LogP contribution is 2.26. The number of thiophene rings is 1. The molecule has 0 atom stereocenters. The van der Waals surface area contributed by atoms with Crippen LogP contribution in [0, 0.1) is 4.77 Å². The summed E-state index contributed by atoms with van der Waals surface area (Å²) in [6.07, 6.45) is 0. The third-order valence-electron chi connectivity index (χ3n) is 3.95. The van der Waals surface area contributed by atoms with Gasteiger partial charge < -0.3 is 4.57 Å². The number of rotatable bonds is 6. The molecule has 0 saturated heterocycles. The van der Waals surface area contributed by atoms with Crippen molar-refractivity contribution in [1.82, 2.24) is 19.2 Å². The molecule has 2 aromatic heterocycles. The lowest BCUT2D eigenvalue weighted by atomic mass is 10.2. The van der Waals surface area contributed by atoms with Crippen molar-refractivity contribution in [2.45, 2.75) is 20.1 Å². The van der Waals surface area contributed by atoms with E-state index in [4.69, 9.17) is 28.9 Å². The maximum atomic E-state index is 6.32. The Balaban J connectivity index is 1.86. The lowest BCUT2D eigenvalue weighted by Crippen LogP contribution is -2.26. The van der Waals surface area contributed by atoms with Crippen molar-refractivity contribution in [1.29, 1.82) is 0 Å². The molecule has 0 unspecified atom stereocenters. The van der Waals surface area contributed by atoms with E-state index in [1.54, 1.807) is 11.3 Å². The van der Waals surface area contributed by atoms with E-state index < -0.39 is 0 Å². The maximum absolute atomic E-state index is 6.32. The molecule has 4 nitrogen and oxygen atoms in total. The van der Waals surface area contributed by atoms with Crippen LogP contribution in [0.25, 0.3) is 11.4 Å². The topological polar surface area (TPSA) is 26.0 Å². The van der Waals surface area contributed by atoms with Crippen LogP contribution in [0.4, 0.5) is 0 Å². The molecule has 1 aromatic carbocycles. The summed E-state index contributed by atoms with van der Waals surface area (Å²) >= 11 is 17.2. The van der Waals surface area contributed by atoms with E-state index in [1.807, 2.05) is 40.6 Å². The summed E-state index contributed by atoms with van der Waals surface area (Å²) in [5, 5.41) is 5.39. The Bertz CT molecular complexity index is 931. The Morgan fingerprint density at radius 1 is 1.28 bits per heavy atom. The van der Waals surface area contributed by atoms with E-state index in [9.17, 15) is 0 Å². The summed E-state index contributed by atoms with van der Waals surface area (Å²) in [6, 6.07) is 11.9. The Hall–Kier alpha value is -0.990. The number of aromatic nitrogens is 3. The van der Waals surface area contributed by atoms with Gasteiger partial charge in [-0.3, -0.25) is 4.90 Å². The average Bonchev–Trinajstić information content (AvgIpc) is 3.13. The van der Waals surface area contributed by atoms with E-state index in [0.29, 0.717) is 16.5 Å². The van der Waals surface area contributed by atoms with Gasteiger partial charge in [-0.25, -0.2) is 4.68 Å². The van der Waals surface area contributed by atoms with Crippen molar-refractivity contribution >= 4 is 51.1 Å². The van der Waals surface area contributed by atoms with Crippen LogP contribution >= 0.6 is 51.1 Å². The molecule has 0 aliphatic heterocycles. The highest BCUT2D eigenvalue weighted by Gasteiger charge is 2.15. The van der Waals surface area contributed by atoms with Gasteiger partial charge in [0.25, 0.3) is 0 Å². The molecule has 0 bridgehead atoms. The van der Waals surface area contributed by atoms with Crippen LogP contribution in [0.2, 0.25) is 5.02 Å². The molecule has 25 heavy (non-hydrogen) atoms. The molecular weight excluding hydrogens is 440 g/mol. The van der Waals surface area contributed by atoms with Crippen LogP contribution in [-0.2, 0) is 20.3 Å². The first-order chi connectivity index (χ1) is 12.0. The predicted octanol–water partition coefficient (Wildman–Crippen LogP) is 5.58. The van der Waals surface area contributed by atoms with E-state index in [1.165, 1.54) is 4.88 Å². The van der Waals surface area contributed by atoms with Crippen LogP contribution in [0.1, 0.15) is 11.8 Å². The van der Waals surface area contributed by atoms with E-state index in [0.717, 1.165) is 28.3 Å². The molecule has 3 aromatic rings. The third-order valence-corrected chi connectivity index (χ3v) is 6.37. The summed E-state index contributed by atoms with van der Waals surface area (Å²) in [6.45, 7) is 4.56. The zero-order valence-electron chi connectivity index (χ0n) is 13.9. The molecule has 132 valence electrons. The Morgan fingerprint density at radius 2 is 2.04 bits per heavy atom. The first kappa shape index (κ1) is 18.8. The fourth-order valence-corrected chi connectivity index (χ4v) is 4.50. The monoisotopic (exact) mass is 456 g/mol. The number of halogens is 2. The molecule has 0 spiro atoms. The summed E-state index contributed by atoms with van der Waals surface area (Å²) in [5.41, 5.74) is 0.891. The largest absolute Gasteiger partial charge is 0.303 e. The number of nitrogens with zero attached hydrogens (tertiary/aromatic N) is 4. The summed E-state index contributed by atoms with van der Waals surface area (Å²) in [4.78, 5) is 3.61. The van der Waals surface area contributed by atoms with E-state index in [2.05, 4.69) is 39.9 Å². The van der Waals surface area contributed by atoms with Gasteiger partial charge in [-0.15, -0.1) is 11.3 Å². The second-order valence-electron chi connectivity index (χ2n) is 5.64. The first-order valence-electron chi connectivity index (χ1n) is 7.85. The van der Waals surface area contributed by atoms with Crippen LogP contribution in [0.3, 0.4) is 0 Å². The molecular formula is C17H18BrClN4S2. The number of hydrogen-bond donors (Lipinski definition) is 0. The smallest absolute Gasteiger partial charge is 0.199 e. The van der Waals surface area contributed by atoms with Crippen molar-refractivity contribution < 1.29 is 0 Å². The van der Waals surface area contributed by atoms with E-state index in [-0.39, 0.29) is 0 Å². The quantitative estimate of drug-likeness (QED) is 0.452. The number of hydrogen-bond acceptors (Lipinski definition) is 4. The minimum atomic E-state index is 0.642. The SMILES string of the molecule is CCN(Cc1ccc(Br)s1)Cn1nc(-c2ccccc2Cl)n(C)c1=S. The lowest BCUT2D eigenvalue weighted by Gasteiger charge is -2.19.